The molecule has 0 aliphatic heterocycles. The van der Waals surface area contributed by atoms with Crippen LogP contribution in [0.1, 0.15) is 23.0 Å². The molecule has 3 aromatic rings. The molecule has 118 valence electrons. The van der Waals surface area contributed by atoms with Gasteiger partial charge in [-0.1, -0.05) is 0 Å². The molecule has 0 aliphatic rings. The van der Waals surface area contributed by atoms with E-state index >= 15 is 0 Å². The molecule has 0 radical (unpaired) electrons. The molecule has 7 heteroatoms. The molecular formula is C16H17N5O2. The number of rotatable bonds is 4. The van der Waals surface area contributed by atoms with E-state index in [2.05, 4.69) is 20.4 Å². The van der Waals surface area contributed by atoms with Gasteiger partial charge in [0.15, 0.2) is 5.65 Å². The van der Waals surface area contributed by atoms with E-state index in [4.69, 9.17) is 4.74 Å². The first-order valence-electron chi connectivity index (χ1n) is 7.28. The number of carbonyl (C=O) groups excluding carboxylic acids is 1. The molecule has 0 atom stereocenters. The topological polar surface area (TPSA) is 81.9 Å². The minimum absolute atomic E-state index is 0.288. The van der Waals surface area contributed by atoms with E-state index < -0.39 is 0 Å². The second kappa shape index (κ2) is 6.04. The van der Waals surface area contributed by atoms with Gasteiger partial charge >= 0.3 is 0 Å². The fourth-order valence-corrected chi connectivity index (χ4v) is 2.39. The summed E-state index contributed by atoms with van der Waals surface area (Å²) in [6, 6.07) is 5.23. The van der Waals surface area contributed by atoms with Gasteiger partial charge in [0.25, 0.3) is 5.91 Å². The van der Waals surface area contributed by atoms with Gasteiger partial charge in [-0.05, 0) is 32.0 Å². The number of fused-ring (bicyclic) bond motifs is 1. The molecule has 3 heterocycles. The maximum Gasteiger partial charge on any atom is 0.261 e. The van der Waals surface area contributed by atoms with Gasteiger partial charge in [-0.3, -0.25) is 9.48 Å². The fourth-order valence-electron chi connectivity index (χ4n) is 2.39. The van der Waals surface area contributed by atoms with Crippen molar-refractivity contribution in [1.29, 1.82) is 0 Å². The predicted octanol–water partition coefficient (Wildman–Crippen LogP) is 2.32. The van der Waals surface area contributed by atoms with Crippen LogP contribution in [0.5, 0.6) is 5.88 Å². The lowest BCUT2D eigenvalue weighted by atomic mass is 10.2. The number of carbonyl (C=O) groups is 1. The molecule has 7 nitrogen and oxygen atoms in total. The van der Waals surface area contributed by atoms with Crippen molar-refractivity contribution in [2.24, 2.45) is 7.05 Å². The summed E-state index contributed by atoms with van der Waals surface area (Å²) in [5, 5.41) is 8.05. The Balaban J connectivity index is 1.90. The van der Waals surface area contributed by atoms with Crippen molar-refractivity contribution in [2.45, 2.75) is 13.8 Å². The van der Waals surface area contributed by atoms with Crippen molar-refractivity contribution in [1.82, 2.24) is 19.7 Å². The quantitative estimate of drug-likeness (QED) is 0.799. The van der Waals surface area contributed by atoms with Crippen LogP contribution in [0.15, 0.2) is 30.6 Å². The number of amides is 1. The standard InChI is InChI=1S/C16H17N5O2/c1-4-23-16-12(6-5-7-17-16)15(22)19-11-8-13-10(2)20-21(3)14(13)18-9-11/h5-9H,4H2,1-3H3,(H,19,22). The minimum Gasteiger partial charge on any atom is -0.477 e. The van der Waals surface area contributed by atoms with Crippen LogP contribution in [-0.2, 0) is 7.05 Å². The molecule has 0 aliphatic carbocycles. The lowest BCUT2D eigenvalue weighted by Crippen LogP contribution is -2.14. The van der Waals surface area contributed by atoms with Crippen LogP contribution in [0, 0.1) is 6.92 Å². The number of nitrogens with one attached hydrogen (secondary N) is 1. The first-order chi connectivity index (χ1) is 11.1. The fraction of sp³-hybridized carbons (Fsp3) is 0.250. The molecule has 0 spiro atoms. The minimum atomic E-state index is -0.288. The summed E-state index contributed by atoms with van der Waals surface area (Å²) in [7, 11) is 1.84. The number of aryl methyl sites for hydroxylation is 2. The van der Waals surface area contributed by atoms with Gasteiger partial charge < -0.3 is 10.1 Å². The van der Waals surface area contributed by atoms with Crippen LogP contribution in [0.25, 0.3) is 11.0 Å². The van der Waals surface area contributed by atoms with E-state index in [9.17, 15) is 4.79 Å². The van der Waals surface area contributed by atoms with Crippen LogP contribution in [-0.4, -0.2) is 32.3 Å². The van der Waals surface area contributed by atoms with Crippen molar-refractivity contribution in [3.8, 4) is 5.88 Å². The lowest BCUT2D eigenvalue weighted by molar-refractivity contribution is 0.102. The molecule has 1 amide bonds. The zero-order valence-corrected chi connectivity index (χ0v) is 13.2. The summed E-state index contributed by atoms with van der Waals surface area (Å²) in [5.41, 5.74) is 2.63. The Labute approximate surface area is 133 Å². The molecule has 0 aromatic carbocycles. The average Bonchev–Trinajstić information content (AvgIpc) is 2.82. The van der Waals surface area contributed by atoms with E-state index in [1.807, 2.05) is 27.0 Å². The number of hydrogen-bond acceptors (Lipinski definition) is 5. The summed E-state index contributed by atoms with van der Waals surface area (Å²) in [4.78, 5) is 20.9. The molecule has 1 N–H and O–H groups in total. The van der Waals surface area contributed by atoms with Crippen molar-refractivity contribution in [2.75, 3.05) is 11.9 Å². The third kappa shape index (κ3) is 2.85. The highest BCUT2D eigenvalue weighted by molar-refractivity contribution is 6.06. The van der Waals surface area contributed by atoms with E-state index in [1.54, 1.807) is 29.2 Å². The van der Waals surface area contributed by atoms with E-state index in [-0.39, 0.29) is 5.91 Å². The van der Waals surface area contributed by atoms with Gasteiger partial charge in [-0.25, -0.2) is 9.97 Å². The molecule has 0 saturated carbocycles. The van der Waals surface area contributed by atoms with Crippen LogP contribution in [0.4, 0.5) is 5.69 Å². The Kier molecular flexibility index (Phi) is 3.92. The van der Waals surface area contributed by atoms with Crippen molar-refractivity contribution < 1.29 is 9.53 Å². The number of hydrogen-bond donors (Lipinski definition) is 1. The van der Waals surface area contributed by atoms with E-state index in [0.717, 1.165) is 16.7 Å². The molecule has 0 fully saturated rings. The molecule has 0 bridgehead atoms. The Hall–Kier alpha value is -2.96. The van der Waals surface area contributed by atoms with Gasteiger partial charge in [0, 0.05) is 18.6 Å². The van der Waals surface area contributed by atoms with E-state index in [0.29, 0.717) is 23.7 Å². The third-order valence-electron chi connectivity index (χ3n) is 3.42. The number of anilines is 1. The summed E-state index contributed by atoms with van der Waals surface area (Å²) in [5.74, 6) is 0.0309. The van der Waals surface area contributed by atoms with Gasteiger partial charge in [-0.2, -0.15) is 5.10 Å². The van der Waals surface area contributed by atoms with Gasteiger partial charge in [0.1, 0.15) is 5.56 Å². The van der Waals surface area contributed by atoms with Gasteiger partial charge in [0.2, 0.25) is 5.88 Å². The molecule has 23 heavy (non-hydrogen) atoms. The van der Waals surface area contributed by atoms with Crippen LogP contribution in [0.3, 0.4) is 0 Å². The van der Waals surface area contributed by atoms with Gasteiger partial charge in [-0.15, -0.1) is 0 Å². The van der Waals surface area contributed by atoms with Crippen LogP contribution >= 0.6 is 0 Å². The second-order valence-electron chi connectivity index (χ2n) is 5.05. The summed E-state index contributed by atoms with van der Waals surface area (Å²) in [6.07, 6.45) is 3.20. The largest absolute Gasteiger partial charge is 0.477 e. The molecule has 3 aromatic heterocycles. The smallest absolute Gasteiger partial charge is 0.261 e. The maximum absolute atomic E-state index is 12.5. The number of aromatic nitrogens is 4. The summed E-state index contributed by atoms with van der Waals surface area (Å²) in [6.45, 7) is 4.20. The normalized spacial score (nSPS) is 10.7. The third-order valence-corrected chi connectivity index (χ3v) is 3.42. The maximum atomic E-state index is 12.5. The number of ether oxygens (including phenoxy) is 1. The highest BCUT2D eigenvalue weighted by atomic mass is 16.5. The number of nitrogens with zero attached hydrogens (tertiary/aromatic N) is 4. The summed E-state index contributed by atoms with van der Waals surface area (Å²) < 4.78 is 7.10. The first-order valence-corrected chi connectivity index (χ1v) is 7.28. The number of pyridine rings is 2. The van der Waals surface area contributed by atoms with E-state index in [1.165, 1.54) is 0 Å². The Morgan fingerprint density at radius 2 is 2.22 bits per heavy atom. The predicted molar refractivity (Wildman–Crippen MR) is 86.6 cm³/mol. The van der Waals surface area contributed by atoms with Gasteiger partial charge in [0.05, 0.1) is 24.2 Å². The van der Waals surface area contributed by atoms with Crippen molar-refractivity contribution in [3.63, 3.8) is 0 Å². The zero-order chi connectivity index (χ0) is 16.4. The lowest BCUT2D eigenvalue weighted by Gasteiger charge is -2.09. The van der Waals surface area contributed by atoms with Crippen LogP contribution < -0.4 is 10.1 Å². The Morgan fingerprint density at radius 1 is 1.39 bits per heavy atom. The monoisotopic (exact) mass is 311 g/mol. The van der Waals surface area contributed by atoms with Crippen molar-refractivity contribution in [3.05, 3.63) is 41.9 Å². The molecular weight excluding hydrogens is 294 g/mol. The molecule has 3 rings (SSSR count). The first kappa shape index (κ1) is 15.0. The Morgan fingerprint density at radius 3 is 3.00 bits per heavy atom. The molecule has 0 unspecified atom stereocenters. The second-order valence-corrected chi connectivity index (χ2v) is 5.05. The average molecular weight is 311 g/mol. The highest BCUT2D eigenvalue weighted by Crippen LogP contribution is 2.21. The zero-order valence-electron chi connectivity index (χ0n) is 13.2. The highest BCUT2D eigenvalue weighted by Gasteiger charge is 2.14. The van der Waals surface area contributed by atoms with Crippen LogP contribution in [0.2, 0.25) is 0 Å². The Bertz CT molecular complexity index is 872. The van der Waals surface area contributed by atoms with Crippen molar-refractivity contribution >= 4 is 22.6 Å². The SMILES string of the molecule is CCOc1ncccc1C(=O)Nc1cnc2c(c1)c(C)nn2C. The molecule has 0 saturated heterocycles. The summed E-state index contributed by atoms with van der Waals surface area (Å²) >= 11 is 0.